The van der Waals surface area contributed by atoms with E-state index in [1.54, 1.807) is 0 Å². The lowest BCUT2D eigenvalue weighted by atomic mass is 9.94. The molecule has 1 aliphatic rings. The number of hydrogen-bond acceptors (Lipinski definition) is 2. The van der Waals surface area contributed by atoms with Gasteiger partial charge >= 0.3 is 0 Å². The normalized spacial score (nSPS) is 18.2. The van der Waals surface area contributed by atoms with Gasteiger partial charge in [0.15, 0.2) is 0 Å². The van der Waals surface area contributed by atoms with Crippen molar-refractivity contribution in [3.8, 4) is 0 Å². The molecule has 19 heavy (non-hydrogen) atoms. The van der Waals surface area contributed by atoms with Crippen LogP contribution < -0.4 is 11.1 Å². The average molecular weight is 285 g/mol. The number of nitrogens with one attached hydrogen (secondary N) is 1. The second-order valence-electron chi connectivity index (χ2n) is 5.00. The summed E-state index contributed by atoms with van der Waals surface area (Å²) in [4.78, 5) is 11.6. The van der Waals surface area contributed by atoms with Gasteiger partial charge in [-0.1, -0.05) is 36.9 Å². The zero-order valence-electron chi connectivity index (χ0n) is 10.7. The molecule has 1 aromatic rings. The fourth-order valence-corrected chi connectivity index (χ4v) is 2.84. The van der Waals surface area contributed by atoms with E-state index >= 15 is 0 Å². The highest BCUT2D eigenvalue weighted by Crippen LogP contribution is 2.26. The van der Waals surface area contributed by atoms with E-state index in [-0.39, 0.29) is 11.1 Å². The molecule has 0 aliphatic heterocycles. The number of amides is 1. The molecule has 0 spiro atoms. The van der Waals surface area contributed by atoms with Crippen molar-refractivity contribution in [3.63, 3.8) is 0 Å². The lowest BCUT2D eigenvalue weighted by Gasteiger charge is -2.27. The Morgan fingerprint density at radius 2 is 2.05 bits per heavy atom. The topological polar surface area (TPSA) is 55.1 Å². The summed E-state index contributed by atoms with van der Waals surface area (Å²) in [5.41, 5.74) is 5.98. The van der Waals surface area contributed by atoms with E-state index in [1.165, 1.54) is 24.6 Å². The van der Waals surface area contributed by atoms with Crippen LogP contribution >= 0.6 is 11.6 Å². The minimum absolute atomic E-state index is 0.229. The van der Waals surface area contributed by atoms with Crippen molar-refractivity contribution in [2.24, 2.45) is 5.73 Å². The van der Waals surface area contributed by atoms with Crippen LogP contribution in [0.15, 0.2) is 18.2 Å². The third-order valence-corrected chi connectivity index (χ3v) is 3.89. The number of carbonyl (C=O) groups excluding carboxylic acids is 1. The molecule has 1 saturated carbocycles. The van der Waals surface area contributed by atoms with Gasteiger partial charge in [0.2, 0.25) is 5.91 Å². The first-order chi connectivity index (χ1) is 9.08. The van der Waals surface area contributed by atoms with E-state index in [0.29, 0.717) is 5.56 Å². The summed E-state index contributed by atoms with van der Waals surface area (Å²) >= 11 is 6.00. The summed E-state index contributed by atoms with van der Waals surface area (Å²) in [6.07, 6.45) is 5.60. The van der Waals surface area contributed by atoms with E-state index in [0.717, 1.165) is 25.7 Å². The molecule has 5 heteroatoms. The Morgan fingerprint density at radius 1 is 1.37 bits per heavy atom. The van der Waals surface area contributed by atoms with Crippen molar-refractivity contribution in [1.29, 1.82) is 0 Å². The first-order valence-corrected chi connectivity index (χ1v) is 6.96. The average Bonchev–Trinajstić information content (AvgIpc) is 2.38. The lowest BCUT2D eigenvalue weighted by molar-refractivity contribution is -0.120. The van der Waals surface area contributed by atoms with Gasteiger partial charge in [0.1, 0.15) is 11.9 Å². The third-order valence-electron chi connectivity index (χ3n) is 3.57. The molecule has 1 amide bonds. The highest BCUT2D eigenvalue weighted by atomic mass is 35.5. The second-order valence-corrected chi connectivity index (χ2v) is 5.41. The summed E-state index contributed by atoms with van der Waals surface area (Å²) < 4.78 is 13.0. The maximum atomic E-state index is 13.0. The van der Waals surface area contributed by atoms with Crippen LogP contribution in [0.5, 0.6) is 0 Å². The fourth-order valence-electron chi connectivity index (χ4n) is 2.57. The van der Waals surface area contributed by atoms with Crippen molar-refractivity contribution in [2.75, 3.05) is 0 Å². The summed E-state index contributed by atoms with van der Waals surface area (Å²) in [7, 11) is 0. The molecule has 3 nitrogen and oxygen atoms in total. The molecule has 0 saturated heterocycles. The van der Waals surface area contributed by atoms with E-state index in [9.17, 15) is 9.18 Å². The molecular weight excluding hydrogens is 267 g/mol. The third kappa shape index (κ3) is 3.67. The second kappa shape index (κ2) is 6.35. The van der Waals surface area contributed by atoms with E-state index < -0.39 is 17.8 Å². The fraction of sp³-hybridized carbons (Fsp3) is 0.500. The van der Waals surface area contributed by atoms with Crippen LogP contribution in [-0.2, 0) is 4.79 Å². The number of benzene rings is 1. The van der Waals surface area contributed by atoms with Gasteiger partial charge in [-0.2, -0.15) is 0 Å². The van der Waals surface area contributed by atoms with Crippen molar-refractivity contribution < 1.29 is 9.18 Å². The van der Waals surface area contributed by atoms with Crippen LogP contribution in [0.4, 0.5) is 4.39 Å². The predicted molar refractivity (Wildman–Crippen MR) is 73.4 cm³/mol. The Labute approximate surface area is 117 Å². The molecular formula is C14H18ClFN2O. The maximum Gasteiger partial charge on any atom is 0.239 e. The van der Waals surface area contributed by atoms with E-state index in [2.05, 4.69) is 5.32 Å². The van der Waals surface area contributed by atoms with Gasteiger partial charge in [-0.15, -0.1) is 0 Å². The molecule has 1 aromatic carbocycles. The minimum Gasteiger partial charge on any atom is -0.368 e. The monoisotopic (exact) mass is 284 g/mol. The summed E-state index contributed by atoms with van der Waals surface area (Å²) in [5, 5.41) is 3.48. The SMILES string of the molecule is NC(=O)C(NC1CCCCC1)c1ccc(F)cc1Cl. The zero-order chi connectivity index (χ0) is 13.8. The van der Waals surface area contributed by atoms with Gasteiger partial charge in [-0.05, 0) is 30.5 Å². The Morgan fingerprint density at radius 3 is 2.63 bits per heavy atom. The lowest BCUT2D eigenvalue weighted by Crippen LogP contribution is -2.41. The molecule has 0 radical (unpaired) electrons. The Kier molecular flexibility index (Phi) is 4.77. The van der Waals surface area contributed by atoms with Crippen molar-refractivity contribution in [1.82, 2.24) is 5.32 Å². The molecule has 1 fully saturated rings. The van der Waals surface area contributed by atoms with Crippen molar-refractivity contribution in [2.45, 2.75) is 44.2 Å². The summed E-state index contributed by atoms with van der Waals surface area (Å²) in [5.74, 6) is -0.909. The number of nitrogens with two attached hydrogens (primary N) is 1. The summed E-state index contributed by atoms with van der Waals surface area (Å²) in [6, 6.07) is 3.63. The molecule has 1 unspecified atom stereocenters. The molecule has 0 bridgehead atoms. The van der Waals surface area contributed by atoms with E-state index in [1.807, 2.05) is 0 Å². The smallest absolute Gasteiger partial charge is 0.239 e. The molecule has 0 heterocycles. The molecule has 3 N–H and O–H groups in total. The van der Waals surface area contributed by atoms with Crippen molar-refractivity contribution in [3.05, 3.63) is 34.6 Å². The van der Waals surface area contributed by atoms with Crippen LogP contribution in [0.2, 0.25) is 5.02 Å². The minimum atomic E-state index is -0.656. The highest BCUT2D eigenvalue weighted by Gasteiger charge is 2.24. The van der Waals surface area contributed by atoms with Gasteiger partial charge in [0.25, 0.3) is 0 Å². The van der Waals surface area contributed by atoms with Gasteiger partial charge < -0.3 is 5.73 Å². The molecule has 104 valence electrons. The Balaban J connectivity index is 2.17. The maximum absolute atomic E-state index is 13.0. The number of carbonyl (C=O) groups is 1. The Hall–Kier alpha value is -1.13. The van der Waals surface area contributed by atoms with Crippen LogP contribution in [0.3, 0.4) is 0 Å². The summed E-state index contributed by atoms with van der Waals surface area (Å²) in [6.45, 7) is 0. The van der Waals surface area contributed by atoms with Gasteiger partial charge in [0.05, 0.1) is 0 Å². The van der Waals surface area contributed by atoms with Crippen molar-refractivity contribution >= 4 is 17.5 Å². The number of halogens is 2. The zero-order valence-corrected chi connectivity index (χ0v) is 11.4. The van der Waals surface area contributed by atoms with Gasteiger partial charge in [-0.3, -0.25) is 10.1 Å². The first kappa shape index (κ1) is 14.3. The molecule has 1 atom stereocenters. The predicted octanol–water partition coefficient (Wildman–Crippen LogP) is 2.93. The van der Waals surface area contributed by atoms with Crippen LogP contribution in [-0.4, -0.2) is 11.9 Å². The standard InChI is InChI=1S/C14H18ClFN2O/c15-12-8-9(16)6-7-11(12)13(14(17)19)18-10-4-2-1-3-5-10/h6-8,10,13,18H,1-5H2,(H2,17,19). The van der Waals surface area contributed by atoms with Crippen LogP contribution in [0.1, 0.15) is 43.7 Å². The van der Waals surface area contributed by atoms with Crippen LogP contribution in [0.25, 0.3) is 0 Å². The molecule has 2 rings (SSSR count). The van der Waals surface area contributed by atoms with Gasteiger partial charge in [0, 0.05) is 11.1 Å². The number of hydrogen-bond donors (Lipinski definition) is 2. The number of primary amides is 1. The quantitative estimate of drug-likeness (QED) is 0.893. The Bertz CT molecular complexity index is 461. The van der Waals surface area contributed by atoms with Crippen LogP contribution in [0, 0.1) is 5.82 Å². The highest BCUT2D eigenvalue weighted by molar-refractivity contribution is 6.31. The molecule has 1 aliphatic carbocycles. The number of rotatable bonds is 4. The van der Waals surface area contributed by atoms with Gasteiger partial charge in [-0.25, -0.2) is 4.39 Å². The molecule has 0 aromatic heterocycles. The first-order valence-electron chi connectivity index (χ1n) is 6.58. The van der Waals surface area contributed by atoms with E-state index in [4.69, 9.17) is 17.3 Å². The largest absolute Gasteiger partial charge is 0.368 e.